The molecule has 106 valence electrons. The van der Waals surface area contributed by atoms with Gasteiger partial charge >= 0.3 is 5.97 Å². The normalized spacial score (nSPS) is 14.3. The molecule has 0 spiro atoms. The number of hydrogen-bond donors (Lipinski definition) is 0. The Bertz CT molecular complexity index is 639. The van der Waals surface area contributed by atoms with E-state index in [0.29, 0.717) is 29.6 Å². The molecule has 0 aliphatic heterocycles. The SMILES string of the molecule is COC(=O)c1oc2ccc(OC)cc2c1OCC1CC1. The Kier molecular flexibility index (Phi) is 3.26. The van der Waals surface area contributed by atoms with E-state index in [1.807, 2.05) is 0 Å². The fourth-order valence-corrected chi connectivity index (χ4v) is 2.04. The molecule has 5 heteroatoms. The maximum atomic E-state index is 11.8. The molecule has 0 unspecified atom stereocenters. The van der Waals surface area contributed by atoms with Crippen LogP contribution in [0, 0.1) is 5.92 Å². The molecule has 1 aliphatic carbocycles. The first kappa shape index (κ1) is 12.8. The van der Waals surface area contributed by atoms with Crippen LogP contribution in [-0.2, 0) is 4.74 Å². The highest BCUT2D eigenvalue weighted by Crippen LogP contribution is 2.38. The second-order valence-corrected chi connectivity index (χ2v) is 4.87. The number of benzene rings is 1. The number of ether oxygens (including phenoxy) is 3. The zero-order valence-corrected chi connectivity index (χ0v) is 11.5. The summed E-state index contributed by atoms with van der Waals surface area (Å²) < 4.78 is 21.3. The highest BCUT2D eigenvalue weighted by Gasteiger charge is 2.27. The van der Waals surface area contributed by atoms with E-state index in [9.17, 15) is 4.79 Å². The highest BCUT2D eigenvalue weighted by atomic mass is 16.5. The summed E-state index contributed by atoms with van der Waals surface area (Å²) in [6.07, 6.45) is 2.35. The molecule has 0 amide bonds. The molecule has 5 nitrogen and oxygen atoms in total. The van der Waals surface area contributed by atoms with Gasteiger partial charge in [-0.15, -0.1) is 0 Å². The van der Waals surface area contributed by atoms with Gasteiger partial charge in [-0.25, -0.2) is 4.79 Å². The van der Waals surface area contributed by atoms with Gasteiger partial charge in [-0.2, -0.15) is 0 Å². The van der Waals surface area contributed by atoms with Crippen LogP contribution in [0.2, 0.25) is 0 Å². The molecule has 1 fully saturated rings. The van der Waals surface area contributed by atoms with Crippen LogP contribution in [0.3, 0.4) is 0 Å². The third kappa shape index (κ3) is 2.31. The fourth-order valence-electron chi connectivity index (χ4n) is 2.04. The predicted molar refractivity (Wildman–Crippen MR) is 72.3 cm³/mol. The van der Waals surface area contributed by atoms with Crippen LogP contribution in [0.5, 0.6) is 11.5 Å². The van der Waals surface area contributed by atoms with Crippen molar-refractivity contribution in [2.24, 2.45) is 5.92 Å². The van der Waals surface area contributed by atoms with Crippen molar-refractivity contribution in [3.63, 3.8) is 0 Å². The molecule has 2 aromatic rings. The number of rotatable bonds is 5. The third-order valence-electron chi connectivity index (χ3n) is 3.38. The van der Waals surface area contributed by atoms with Crippen molar-refractivity contribution in [2.45, 2.75) is 12.8 Å². The Morgan fingerprint density at radius 3 is 2.80 bits per heavy atom. The Hall–Kier alpha value is -2.17. The van der Waals surface area contributed by atoms with Crippen molar-refractivity contribution in [3.05, 3.63) is 24.0 Å². The lowest BCUT2D eigenvalue weighted by Gasteiger charge is -2.05. The molecule has 0 bridgehead atoms. The quantitative estimate of drug-likeness (QED) is 0.786. The number of hydrogen-bond acceptors (Lipinski definition) is 5. The van der Waals surface area contributed by atoms with E-state index >= 15 is 0 Å². The lowest BCUT2D eigenvalue weighted by molar-refractivity contribution is 0.0561. The van der Waals surface area contributed by atoms with Gasteiger partial charge in [0.15, 0.2) is 5.75 Å². The molecular weight excluding hydrogens is 260 g/mol. The topological polar surface area (TPSA) is 57.9 Å². The number of carbonyl (C=O) groups excluding carboxylic acids is 1. The molecule has 1 saturated carbocycles. The van der Waals surface area contributed by atoms with E-state index in [4.69, 9.17) is 18.6 Å². The second-order valence-electron chi connectivity index (χ2n) is 4.87. The number of furan rings is 1. The predicted octanol–water partition coefficient (Wildman–Crippen LogP) is 3.02. The van der Waals surface area contributed by atoms with Crippen LogP contribution in [0.4, 0.5) is 0 Å². The van der Waals surface area contributed by atoms with E-state index in [0.717, 1.165) is 5.39 Å². The summed E-state index contributed by atoms with van der Waals surface area (Å²) in [4.78, 5) is 11.8. The van der Waals surface area contributed by atoms with Crippen LogP contribution in [0.15, 0.2) is 22.6 Å². The summed E-state index contributed by atoms with van der Waals surface area (Å²) in [7, 11) is 2.91. The molecule has 1 aromatic heterocycles. The summed E-state index contributed by atoms with van der Waals surface area (Å²) in [6.45, 7) is 0.593. The zero-order chi connectivity index (χ0) is 14.1. The molecule has 1 aliphatic rings. The minimum absolute atomic E-state index is 0.108. The van der Waals surface area contributed by atoms with Crippen molar-refractivity contribution in [2.75, 3.05) is 20.8 Å². The third-order valence-corrected chi connectivity index (χ3v) is 3.38. The van der Waals surface area contributed by atoms with Crippen LogP contribution < -0.4 is 9.47 Å². The smallest absolute Gasteiger partial charge is 0.377 e. The molecule has 3 rings (SSSR count). The van der Waals surface area contributed by atoms with E-state index in [2.05, 4.69) is 0 Å². The van der Waals surface area contributed by atoms with E-state index < -0.39 is 5.97 Å². The maximum Gasteiger partial charge on any atom is 0.377 e. The molecule has 0 saturated heterocycles. The maximum absolute atomic E-state index is 11.8. The van der Waals surface area contributed by atoms with Gasteiger partial charge < -0.3 is 18.6 Å². The van der Waals surface area contributed by atoms with Crippen LogP contribution in [-0.4, -0.2) is 26.8 Å². The fraction of sp³-hybridized carbons (Fsp3) is 0.400. The second kappa shape index (κ2) is 5.07. The summed E-state index contributed by atoms with van der Waals surface area (Å²) in [5, 5.41) is 0.727. The van der Waals surface area contributed by atoms with Gasteiger partial charge in [0.1, 0.15) is 11.3 Å². The van der Waals surface area contributed by atoms with Gasteiger partial charge in [-0.1, -0.05) is 0 Å². The monoisotopic (exact) mass is 276 g/mol. The molecule has 1 aromatic carbocycles. The van der Waals surface area contributed by atoms with Crippen molar-refractivity contribution in [1.82, 2.24) is 0 Å². The van der Waals surface area contributed by atoms with Crippen LogP contribution >= 0.6 is 0 Å². The van der Waals surface area contributed by atoms with Gasteiger partial charge in [0, 0.05) is 0 Å². The molecule has 20 heavy (non-hydrogen) atoms. The summed E-state index contributed by atoms with van der Waals surface area (Å²) in [6, 6.07) is 5.33. The van der Waals surface area contributed by atoms with Crippen LogP contribution in [0.25, 0.3) is 11.0 Å². The largest absolute Gasteiger partial charge is 0.497 e. The summed E-state index contributed by atoms with van der Waals surface area (Å²) in [5.41, 5.74) is 0.581. The highest BCUT2D eigenvalue weighted by molar-refractivity contribution is 5.99. The van der Waals surface area contributed by atoms with Crippen LogP contribution in [0.1, 0.15) is 23.4 Å². The standard InChI is InChI=1S/C15H16O5/c1-17-10-5-6-12-11(7-10)13(19-8-9-3-4-9)14(20-12)15(16)18-2/h5-7,9H,3-4,8H2,1-2H3. The Morgan fingerprint density at radius 2 is 2.15 bits per heavy atom. The first-order chi connectivity index (χ1) is 9.72. The summed E-state index contributed by atoms with van der Waals surface area (Å²) >= 11 is 0. The Morgan fingerprint density at radius 1 is 1.35 bits per heavy atom. The lowest BCUT2D eigenvalue weighted by atomic mass is 10.2. The lowest BCUT2D eigenvalue weighted by Crippen LogP contribution is -2.05. The van der Waals surface area contributed by atoms with Gasteiger partial charge in [0.05, 0.1) is 26.2 Å². The zero-order valence-electron chi connectivity index (χ0n) is 11.5. The van der Waals surface area contributed by atoms with E-state index in [1.165, 1.54) is 20.0 Å². The molecule has 0 N–H and O–H groups in total. The molecular formula is C15H16O5. The average Bonchev–Trinajstić information content (AvgIpc) is 3.24. The molecule has 0 atom stereocenters. The first-order valence-corrected chi connectivity index (χ1v) is 6.54. The number of methoxy groups -OCH3 is 2. The average molecular weight is 276 g/mol. The van der Waals surface area contributed by atoms with Gasteiger partial charge in [-0.3, -0.25) is 0 Å². The first-order valence-electron chi connectivity index (χ1n) is 6.54. The van der Waals surface area contributed by atoms with E-state index in [-0.39, 0.29) is 5.76 Å². The molecule has 0 radical (unpaired) electrons. The number of carbonyl (C=O) groups is 1. The van der Waals surface area contributed by atoms with Crippen molar-refractivity contribution < 1.29 is 23.4 Å². The minimum Gasteiger partial charge on any atom is -0.497 e. The minimum atomic E-state index is -0.536. The Balaban J connectivity index is 2.04. The summed E-state index contributed by atoms with van der Waals surface area (Å²) in [5.74, 6) is 1.28. The Labute approximate surface area is 116 Å². The van der Waals surface area contributed by atoms with Gasteiger partial charge in [0.2, 0.25) is 0 Å². The van der Waals surface area contributed by atoms with E-state index in [1.54, 1.807) is 25.3 Å². The van der Waals surface area contributed by atoms with Crippen molar-refractivity contribution in [1.29, 1.82) is 0 Å². The van der Waals surface area contributed by atoms with Crippen molar-refractivity contribution in [3.8, 4) is 11.5 Å². The van der Waals surface area contributed by atoms with Gasteiger partial charge in [-0.05, 0) is 37.0 Å². The molecule has 1 heterocycles. The number of fused-ring (bicyclic) bond motifs is 1. The van der Waals surface area contributed by atoms with Gasteiger partial charge in [0.25, 0.3) is 5.76 Å². The van der Waals surface area contributed by atoms with Crippen molar-refractivity contribution >= 4 is 16.9 Å². The number of esters is 1.